The predicted octanol–water partition coefficient (Wildman–Crippen LogP) is 8.50. The minimum absolute atomic E-state index is 0.112. The van der Waals surface area contributed by atoms with Crippen molar-refractivity contribution in [2.45, 2.75) is 85.5 Å². The highest BCUT2D eigenvalue weighted by molar-refractivity contribution is 5.67. The molecule has 2 atom stereocenters. The van der Waals surface area contributed by atoms with Gasteiger partial charge in [0.1, 0.15) is 5.82 Å². The molecule has 2 nitrogen and oxygen atoms in total. The molecular formula is C29H40N2. The molecule has 2 unspecified atom stereocenters. The number of rotatable bonds is 8. The van der Waals surface area contributed by atoms with E-state index in [1.54, 1.807) is 0 Å². The van der Waals surface area contributed by atoms with Crippen LogP contribution in [0.4, 0.5) is 0 Å². The quantitative estimate of drug-likeness (QED) is 0.360. The van der Waals surface area contributed by atoms with E-state index in [1.165, 1.54) is 34.4 Å². The van der Waals surface area contributed by atoms with Crippen molar-refractivity contribution < 1.29 is 0 Å². The average molecular weight is 417 g/mol. The third kappa shape index (κ3) is 4.22. The molecule has 0 N–H and O–H groups in total. The number of benzene rings is 2. The largest absolute Gasteiger partial charge is 0.299 e. The van der Waals surface area contributed by atoms with Crippen molar-refractivity contribution in [1.82, 2.24) is 9.55 Å². The van der Waals surface area contributed by atoms with Gasteiger partial charge in [-0.1, -0.05) is 104 Å². The van der Waals surface area contributed by atoms with Crippen LogP contribution in [-0.2, 0) is 5.41 Å². The Balaban J connectivity index is 2.30. The Morgan fingerprint density at radius 2 is 1.48 bits per heavy atom. The molecule has 0 saturated heterocycles. The van der Waals surface area contributed by atoms with Gasteiger partial charge in [0, 0.05) is 18.0 Å². The van der Waals surface area contributed by atoms with Gasteiger partial charge in [-0.2, -0.15) is 0 Å². The van der Waals surface area contributed by atoms with Crippen LogP contribution in [0.15, 0.2) is 54.9 Å². The summed E-state index contributed by atoms with van der Waals surface area (Å²) in [6, 6.07) is 15.7. The van der Waals surface area contributed by atoms with Crippen molar-refractivity contribution >= 4 is 0 Å². The molecule has 31 heavy (non-hydrogen) atoms. The Morgan fingerprint density at radius 1 is 0.871 bits per heavy atom. The standard InChI is InChI=1S/C29H40N2/c1-9-22(7)29(8,10-2)26-17-12-11-14-25(26)28-30-18-19-31(28)27-23(20(3)4)15-13-16-24(27)21(5)6/h11-22H,9-10H2,1-8H3. The summed E-state index contributed by atoms with van der Waals surface area (Å²) < 4.78 is 2.34. The SMILES string of the molecule is CCC(C)C(C)(CC)c1ccccc1-c1nccn1-c1c(C(C)C)cccc1C(C)C. The summed E-state index contributed by atoms with van der Waals surface area (Å²) in [5.41, 5.74) is 6.83. The summed E-state index contributed by atoms with van der Waals surface area (Å²) in [6.07, 6.45) is 6.38. The first-order valence-corrected chi connectivity index (χ1v) is 12.0. The van der Waals surface area contributed by atoms with Gasteiger partial charge < -0.3 is 0 Å². The fourth-order valence-corrected chi connectivity index (χ4v) is 4.90. The molecule has 0 amide bonds. The van der Waals surface area contributed by atoms with Crippen LogP contribution in [0.3, 0.4) is 0 Å². The molecule has 0 aliphatic rings. The van der Waals surface area contributed by atoms with Crippen LogP contribution < -0.4 is 0 Å². The lowest BCUT2D eigenvalue weighted by atomic mass is 9.68. The van der Waals surface area contributed by atoms with Gasteiger partial charge in [0.05, 0.1) is 5.69 Å². The van der Waals surface area contributed by atoms with Crippen LogP contribution in [0.25, 0.3) is 17.1 Å². The normalized spacial score (nSPS) is 14.8. The number of para-hydroxylation sites is 1. The molecule has 0 fully saturated rings. The third-order valence-corrected chi connectivity index (χ3v) is 7.44. The summed E-state index contributed by atoms with van der Waals surface area (Å²) in [7, 11) is 0. The Bertz CT molecular complexity index is 985. The first-order valence-electron chi connectivity index (χ1n) is 12.0. The van der Waals surface area contributed by atoms with Crippen LogP contribution >= 0.6 is 0 Å². The highest BCUT2D eigenvalue weighted by Gasteiger charge is 2.33. The molecule has 3 aromatic rings. The molecule has 0 bridgehead atoms. The first kappa shape index (κ1) is 23.3. The highest BCUT2D eigenvalue weighted by Crippen LogP contribution is 2.42. The van der Waals surface area contributed by atoms with E-state index in [0.717, 1.165) is 12.2 Å². The lowest BCUT2D eigenvalue weighted by Gasteiger charge is -2.36. The van der Waals surface area contributed by atoms with Crippen molar-refractivity contribution in [3.05, 3.63) is 71.5 Å². The van der Waals surface area contributed by atoms with Gasteiger partial charge >= 0.3 is 0 Å². The number of nitrogens with zero attached hydrogens (tertiary/aromatic N) is 2. The summed E-state index contributed by atoms with van der Waals surface area (Å²) in [5.74, 6) is 2.53. The molecule has 0 saturated carbocycles. The maximum Gasteiger partial charge on any atom is 0.144 e. The third-order valence-electron chi connectivity index (χ3n) is 7.44. The molecule has 1 heterocycles. The Labute approximate surface area is 189 Å². The minimum atomic E-state index is 0.112. The van der Waals surface area contributed by atoms with Crippen molar-refractivity contribution in [2.24, 2.45) is 5.92 Å². The second kappa shape index (κ2) is 9.42. The fraction of sp³-hybridized carbons (Fsp3) is 0.483. The zero-order chi connectivity index (χ0) is 22.8. The molecule has 0 aliphatic carbocycles. The molecule has 0 radical (unpaired) electrons. The average Bonchev–Trinajstić information content (AvgIpc) is 3.26. The van der Waals surface area contributed by atoms with E-state index in [9.17, 15) is 0 Å². The summed E-state index contributed by atoms with van der Waals surface area (Å²) in [4.78, 5) is 4.92. The van der Waals surface area contributed by atoms with Crippen molar-refractivity contribution in [3.8, 4) is 17.1 Å². The Kier molecular flexibility index (Phi) is 7.09. The molecular weight excluding hydrogens is 376 g/mol. The van der Waals surface area contributed by atoms with Gasteiger partial charge in [-0.3, -0.25) is 4.57 Å². The van der Waals surface area contributed by atoms with Crippen molar-refractivity contribution in [1.29, 1.82) is 0 Å². The van der Waals surface area contributed by atoms with E-state index in [-0.39, 0.29) is 5.41 Å². The van der Waals surface area contributed by atoms with Crippen molar-refractivity contribution in [2.75, 3.05) is 0 Å². The molecule has 166 valence electrons. The second-order valence-corrected chi connectivity index (χ2v) is 9.84. The topological polar surface area (TPSA) is 17.8 Å². The van der Waals surface area contributed by atoms with Crippen LogP contribution in [-0.4, -0.2) is 9.55 Å². The van der Waals surface area contributed by atoms with E-state index < -0.39 is 0 Å². The predicted molar refractivity (Wildman–Crippen MR) is 134 cm³/mol. The smallest absolute Gasteiger partial charge is 0.144 e. The van der Waals surface area contributed by atoms with Crippen LogP contribution in [0.5, 0.6) is 0 Å². The van der Waals surface area contributed by atoms with Crippen LogP contribution in [0, 0.1) is 5.92 Å². The zero-order valence-electron chi connectivity index (χ0n) is 20.7. The van der Waals surface area contributed by atoms with Gasteiger partial charge in [-0.15, -0.1) is 0 Å². The lowest BCUT2D eigenvalue weighted by molar-refractivity contribution is 0.296. The minimum Gasteiger partial charge on any atom is -0.299 e. The number of hydrogen-bond acceptors (Lipinski definition) is 1. The van der Waals surface area contributed by atoms with E-state index in [4.69, 9.17) is 4.98 Å². The second-order valence-electron chi connectivity index (χ2n) is 9.84. The molecule has 0 aliphatic heterocycles. The fourth-order valence-electron chi connectivity index (χ4n) is 4.90. The number of aromatic nitrogens is 2. The van der Waals surface area contributed by atoms with Gasteiger partial charge in [0.15, 0.2) is 0 Å². The zero-order valence-corrected chi connectivity index (χ0v) is 20.7. The molecule has 3 rings (SSSR count). The van der Waals surface area contributed by atoms with E-state index >= 15 is 0 Å². The monoisotopic (exact) mass is 416 g/mol. The maximum atomic E-state index is 4.92. The van der Waals surface area contributed by atoms with E-state index in [2.05, 4.69) is 109 Å². The first-order chi connectivity index (χ1) is 14.8. The molecule has 2 aromatic carbocycles. The van der Waals surface area contributed by atoms with Crippen molar-refractivity contribution in [3.63, 3.8) is 0 Å². The Hall–Kier alpha value is -2.35. The summed E-state index contributed by atoms with van der Waals surface area (Å²) in [6.45, 7) is 18.6. The summed E-state index contributed by atoms with van der Waals surface area (Å²) >= 11 is 0. The van der Waals surface area contributed by atoms with E-state index in [0.29, 0.717) is 17.8 Å². The Morgan fingerprint density at radius 3 is 2.03 bits per heavy atom. The summed E-state index contributed by atoms with van der Waals surface area (Å²) in [5, 5.41) is 0. The maximum absolute atomic E-state index is 4.92. The van der Waals surface area contributed by atoms with Gasteiger partial charge in [-0.05, 0) is 46.3 Å². The molecule has 1 aromatic heterocycles. The molecule has 2 heteroatoms. The van der Waals surface area contributed by atoms with E-state index in [1.807, 2.05) is 6.20 Å². The number of hydrogen-bond donors (Lipinski definition) is 0. The van der Waals surface area contributed by atoms with Crippen LogP contribution in [0.2, 0.25) is 0 Å². The highest BCUT2D eigenvalue weighted by atomic mass is 15.1. The van der Waals surface area contributed by atoms with Crippen LogP contribution in [0.1, 0.15) is 96.8 Å². The van der Waals surface area contributed by atoms with Gasteiger partial charge in [-0.25, -0.2) is 4.98 Å². The van der Waals surface area contributed by atoms with Gasteiger partial charge in [0.2, 0.25) is 0 Å². The lowest BCUT2D eigenvalue weighted by Crippen LogP contribution is -2.30. The molecule has 0 spiro atoms. The van der Waals surface area contributed by atoms with Gasteiger partial charge in [0.25, 0.3) is 0 Å². The number of imidazole rings is 1.